The molecule has 1 aliphatic rings. The molecule has 1 aliphatic carbocycles. The molecule has 1 N–H and O–H groups in total. The number of nitrogens with one attached hydrogen (secondary N) is 1. The molecule has 0 spiro atoms. The van der Waals surface area contributed by atoms with E-state index in [0.29, 0.717) is 18.8 Å². The zero-order valence-corrected chi connectivity index (χ0v) is 10.3. The van der Waals surface area contributed by atoms with Crippen LogP contribution in [0.1, 0.15) is 39.0 Å². The molecule has 0 aromatic heterocycles. The summed E-state index contributed by atoms with van der Waals surface area (Å²) >= 11 is 0. The number of hydrogen-bond acceptors (Lipinski definition) is 3. The van der Waals surface area contributed by atoms with E-state index in [1.165, 1.54) is 32.1 Å². The molecule has 0 aliphatic heterocycles. The summed E-state index contributed by atoms with van der Waals surface area (Å²) < 4.78 is 11.1. The average molecular weight is 215 g/mol. The Morgan fingerprint density at radius 3 is 2.67 bits per heavy atom. The Bertz CT molecular complexity index is 164. The zero-order chi connectivity index (χ0) is 11.1. The Hall–Kier alpha value is -0.120. The molecular formula is C12H25NO2. The van der Waals surface area contributed by atoms with Crippen molar-refractivity contribution in [3.05, 3.63) is 0 Å². The SMILES string of the molecule is CNC1CCCCCC1OC(C)COC. The minimum absolute atomic E-state index is 0.203. The van der Waals surface area contributed by atoms with E-state index in [0.717, 1.165) is 0 Å². The van der Waals surface area contributed by atoms with Crippen molar-refractivity contribution >= 4 is 0 Å². The fourth-order valence-electron chi connectivity index (χ4n) is 2.34. The molecule has 0 aromatic carbocycles. The van der Waals surface area contributed by atoms with Gasteiger partial charge < -0.3 is 14.8 Å². The van der Waals surface area contributed by atoms with Crippen molar-refractivity contribution in [1.82, 2.24) is 5.32 Å². The Labute approximate surface area is 93.5 Å². The lowest BCUT2D eigenvalue weighted by molar-refractivity contribution is -0.0546. The molecule has 3 heteroatoms. The van der Waals surface area contributed by atoms with Crippen molar-refractivity contribution in [2.75, 3.05) is 20.8 Å². The number of ether oxygens (including phenoxy) is 2. The number of hydrogen-bond donors (Lipinski definition) is 1. The molecule has 3 unspecified atom stereocenters. The highest BCUT2D eigenvalue weighted by Gasteiger charge is 2.24. The number of rotatable bonds is 5. The van der Waals surface area contributed by atoms with Gasteiger partial charge in [-0.05, 0) is 26.8 Å². The Balaban J connectivity index is 2.40. The topological polar surface area (TPSA) is 30.5 Å². The minimum atomic E-state index is 0.203. The molecule has 0 aromatic rings. The van der Waals surface area contributed by atoms with Crippen LogP contribution in [-0.2, 0) is 9.47 Å². The van der Waals surface area contributed by atoms with E-state index in [4.69, 9.17) is 9.47 Å². The van der Waals surface area contributed by atoms with Crippen molar-refractivity contribution in [3.8, 4) is 0 Å². The first kappa shape index (κ1) is 12.9. The van der Waals surface area contributed by atoms with Crippen LogP contribution in [-0.4, -0.2) is 39.0 Å². The quantitative estimate of drug-likeness (QED) is 0.711. The molecule has 0 heterocycles. The van der Waals surface area contributed by atoms with Crippen LogP contribution in [0.25, 0.3) is 0 Å². The lowest BCUT2D eigenvalue weighted by atomic mass is 10.1. The fourth-order valence-corrected chi connectivity index (χ4v) is 2.34. The molecule has 15 heavy (non-hydrogen) atoms. The van der Waals surface area contributed by atoms with Crippen LogP contribution in [0.4, 0.5) is 0 Å². The molecule has 90 valence electrons. The average Bonchev–Trinajstić information content (AvgIpc) is 2.43. The largest absolute Gasteiger partial charge is 0.382 e. The van der Waals surface area contributed by atoms with E-state index in [9.17, 15) is 0 Å². The second-order valence-electron chi connectivity index (χ2n) is 4.47. The van der Waals surface area contributed by atoms with Gasteiger partial charge in [0.25, 0.3) is 0 Å². The van der Waals surface area contributed by atoms with Crippen molar-refractivity contribution in [1.29, 1.82) is 0 Å². The highest BCUT2D eigenvalue weighted by Crippen LogP contribution is 2.21. The van der Waals surface area contributed by atoms with Crippen molar-refractivity contribution in [2.24, 2.45) is 0 Å². The van der Waals surface area contributed by atoms with Crippen LogP contribution in [0.2, 0.25) is 0 Å². The van der Waals surface area contributed by atoms with Crippen LogP contribution in [0.5, 0.6) is 0 Å². The van der Waals surface area contributed by atoms with Gasteiger partial charge >= 0.3 is 0 Å². The van der Waals surface area contributed by atoms with E-state index >= 15 is 0 Å². The molecule has 1 saturated carbocycles. The third-order valence-corrected chi connectivity index (χ3v) is 3.13. The molecular weight excluding hydrogens is 190 g/mol. The van der Waals surface area contributed by atoms with Crippen molar-refractivity contribution in [2.45, 2.75) is 57.3 Å². The third kappa shape index (κ3) is 4.49. The van der Waals surface area contributed by atoms with Crippen LogP contribution in [0.15, 0.2) is 0 Å². The van der Waals surface area contributed by atoms with Crippen LogP contribution in [0.3, 0.4) is 0 Å². The smallest absolute Gasteiger partial charge is 0.0784 e. The van der Waals surface area contributed by atoms with Crippen LogP contribution >= 0.6 is 0 Å². The second-order valence-corrected chi connectivity index (χ2v) is 4.47. The lowest BCUT2D eigenvalue weighted by Gasteiger charge is -2.27. The lowest BCUT2D eigenvalue weighted by Crippen LogP contribution is -2.40. The van der Waals surface area contributed by atoms with E-state index < -0.39 is 0 Å². The molecule has 0 radical (unpaired) electrons. The van der Waals surface area contributed by atoms with Gasteiger partial charge in [-0.2, -0.15) is 0 Å². The van der Waals surface area contributed by atoms with Crippen molar-refractivity contribution in [3.63, 3.8) is 0 Å². The molecule has 3 atom stereocenters. The van der Waals surface area contributed by atoms with Crippen molar-refractivity contribution < 1.29 is 9.47 Å². The van der Waals surface area contributed by atoms with E-state index in [1.807, 2.05) is 7.05 Å². The Morgan fingerprint density at radius 2 is 2.00 bits per heavy atom. The van der Waals surface area contributed by atoms with Crippen LogP contribution < -0.4 is 5.32 Å². The summed E-state index contributed by atoms with van der Waals surface area (Å²) in [6, 6.07) is 0.520. The fraction of sp³-hybridized carbons (Fsp3) is 1.00. The van der Waals surface area contributed by atoms with Gasteiger partial charge in [-0.1, -0.05) is 19.3 Å². The molecule has 0 saturated heterocycles. The summed E-state index contributed by atoms with van der Waals surface area (Å²) in [5, 5.41) is 3.38. The molecule has 0 amide bonds. The van der Waals surface area contributed by atoms with Crippen LogP contribution in [0, 0.1) is 0 Å². The molecule has 1 fully saturated rings. The van der Waals surface area contributed by atoms with Gasteiger partial charge in [0.15, 0.2) is 0 Å². The number of likely N-dealkylation sites (N-methyl/N-ethyl adjacent to an activating group) is 1. The first-order valence-electron chi connectivity index (χ1n) is 6.09. The van der Waals surface area contributed by atoms with E-state index in [-0.39, 0.29) is 6.10 Å². The summed E-state index contributed by atoms with van der Waals surface area (Å²) in [5.41, 5.74) is 0. The predicted molar refractivity (Wildman–Crippen MR) is 62.1 cm³/mol. The van der Waals surface area contributed by atoms with Gasteiger partial charge in [0.1, 0.15) is 0 Å². The predicted octanol–water partition coefficient (Wildman–Crippen LogP) is 1.96. The Morgan fingerprint density at radius 1 is 1.27 bits per heavy atom. The maximum Gasteiger partial charge on any atom is 0.0784 e. The summed E-state index contributed by atoms with van der Waals surface area (Å²) in [7, 11) is 3.76. The standard InChI is InChI=1S/C12H25NO2/c1-10(9-14-3)15-12-8-6-4-5-7-11(12)13-2/h10-13H,4-9H2,1-3H3. The van der Waals surface area contributed by atoms with Gasteiger partial charge in [0.2, 0.25) is 0 Å². The first-order chi connectivity index (χ1) is 7.27. The zero-order valence-electron chi connectivity index (χ0n) is 10.3. The van der Waals surface area contributed by atoms with E-state index in [2.05, 4.69) is 12.2 Å². The van der Waals surface area contributed by atoms with Gasteiger partial charge in [-0.3, -0.25) is 0 Å². The number of methoxy groups -OCH3 is 1. The van der Waals surface area contributed by atoms with Gasteiger partial charge in [0.05, 0.1) is 18.8 Å². The molecule has 1 rings (SSSR count). The van der Waals surface area contributed by atoms with E-state index in [1.54, 1.807) is 7.11 Å². The normalized spacial score (nSPS) is 29.8. The summed E-state index contributed by atoms with van der Waals surface area (Å²) in [5.74, 6) is 0. The summed E-state index contributed by atoms with van der Waals surface area (Å²) in [6.07, 6.45) is 6.94. The van der Waals surface area contributed by atoms with Gasteiger partial charge in [-0.15, -0.1) is 0 Å². The van der Waals surface area contributed by atoms with Gasteiger partial charge in [0, 0.05) is 13.2 Å². The molecule has 3 nitrogen and oxygen atoms in total. The maximum atomic E-state index is 6.03. The minimum Gasteiger partial charge on any atom is -0.382 e. The third-order valence-electron chi connectivity index (χ3n) is 3.13. The first-order valence-corrected chi connectivity index (χ1v) is 6.09. The summed E-state index contributed by atoms with van der Waals surface area (Å²) in [4.78, 5) is 0. The van der Waals surface area contributed by atoms with Gasteiger partial charge in [-0.25, -0.2) is 0 Å². The second kappa shape index (κ2) is 7.20. The molecule has 0 bridgehead atoms. The highest BCUT2D eigenvalue weighted by molar-refractivity contribution is 4.79. The maximum absolute atomic E-state index is 6.03. The summed E-state index contributed by atoms with van der Waals surface area (Å²) in [6.45, 7) is 2.77. The Kier molecular flexibility index (Phi) is 6.22. The highest BCUT2D eigenvalue weighted by atomic mass is 16.5. The monoisotopic (exact) mass is 215 g/mol.